The van der Waals surface area contributed by atoms with Gasteiger partial charge in [-0.25, -0.2) is 0 Å². The first kappa shape index (κ1) is 17.5. The van der Waals surface area contributed by atoms with Gasteiger partial charge >= 0.3 is 0 Å². The molecule has 1 aliphatic rings. The van der Waals surface area contributed by atoms with Gasteiger partial charge in [-0.15, -0.1) is 0 Å². The first-order valence-electron chi connectivity index (χ1n) is 8.85. The van der Waals surface area contributed by atoms with Crippen LogP contribution in [-0.2, 0) is 11.2 Å². The number of aromatic nitrogens is 3. The second-order valence-electron chi connectivity index (χ2n) is 6.82. The van der Waals surface area contributed by atoms with Gasteiger partial charge in [-0.2, -0.15) is 4.98 Å². The number of carbonyl (C=O) groups excluding carboxylic acids is 1. The summed E-state index contributed by atoms with van der Waals surface area (Å²) in [6, 6.07) is 3.66. The molecule has 1 fully saturated rings. The third-order valence-corrected chi connectivity index (χ3v) is 4.31. The molecule has 1 saturated heterocycles. The number of aryl methyl sites for hydroxylation is 1. The summed E-state index contributed by atoms with van der Waals surface area (Å²) in [7, 11) is 0. The summed E-state index contributed by atoms with van der Waals surface area (Å²) in [6.07, 6.45) is 4.26. The number of carbonyl (C=O) groups is 1. The summed E-state index contributed by atoms with van der Waals surface area (Å²) in [5.74, 6) is 1.85. The summed E-state index contributed by atoms with van der Waals surface area (Å²) in [5.41, 5.74) is 0.859. The van der Waals surface area contributed by atoms with Gasteiger partial charge in [0, 0.05) is 63.5 Å². The molecule has 1 amide bonds. The van der Waals surface area contributed by atoms with Crippen LogP contribution in [0, 0.1) is 5.92 Å². The highest BCUT2D eigenvalue weighted by Gasteiger charge is 2.21. The van der Waals surface area contributed by atoms with E-state index in [-0.39, 0.29) is 5.91 Å². The Labute approximate surface area is 148 Å². The first-order valence-corrected chi connectivity index (χ1v) is 8.85. The largest absolute Gasteiger partial charge is 0.340 e. The van der Waals surface area contributed by atoms with Crippen molar-refractivity contribution in [2.45, 2.75) is 26.7 Å². The highest BCUT2D eigenvalue weighted by Crippen LogP contribution is 2.15. The average molecular weight is 343 g/mol. The van der Waals surface area contributed by atoms with E-state index in [1.54, 1.807) is 12.4 Å². The van der Waals surface area contributed by atoms with Gasteiger partial charge in [0.2, 0.25) is 17.6 Å². The molecule has 2 aromatic heterocycles. The van der Waals surface area contributed by atoms with Gasteiger partial charge in [0.15, 0.2) is 0 Å². The van der Waals surface area contributed by atoms with E-state index in [9.17, 15) is 4.79 Å². The molecule has 0 spiro atoms. The van der Waals surface area contributed by atoms with E-state index >= 15 is 0 Å². The van der Waals surface area contributed by atoms with Gasteiger partial charge < -0.3 is 9.42 Å². The second kappa shape index (κ2) is 8.20. The molecule has 1 aliphatic heterocycles. The van der Waals surface area contributed by atoms with Crippen molar-refractivity contribution in [3.8, 4) is 11.4 Å². The summed E-state index contributed by atoms with van der Waals surface area (Å²) in [6.45, 7) is 9.06. The molecule has 134 valence electrons. The predicted molar refractivity (Wildman–Crippen MR) is 93.7 cm³/mol. The monoisotopic (exact) mass is 343 g/mol. The fraction of sp³-hybridized carbons (Fsp3) is 0.556. The molecular weight excluding hydrogens is 318 g/mol. The molecule has 0 radical (unpaired) electrons. The molecule has 0 N–H and O–H groups in total. The number of amides is 1. The number of pyridine rings is 1. The van der Waals surface area contributed by atoms with Crippen molar-refractivity contribution in [1.29, 1.82) is 0 Å². The van der Waals surface area contributed by atoms with Crippen LogP contribution in [0.5, 0.6) is 0 Å². The minimum atomic E-state index is 0.160. The zero-order valence-electron chi connectivity index (χ0n) is 14.9. The maximum absolute atomic E-state index is 12.4. The summed E-state index contributed by atoms with van der Waals surface area (Å²) >= 11 is 0. The maximum atomic E-state index is 12.4. The van der Waals surface area contributed by atoms with Gasteiger partial charge in [-0.3, -0.25) is 14.7 Å². The Bertz CT molecular complexity index is 678. The van der Waals surface area contributed by atoms with Gasteiger partial charge in [-0.05, 0) is 18.1 Å². The summed E-state index contributed by atoms with van der Waals surface area (Å²) < 4.78 is 5.26. The van der Waals surface area contributed by atoms with E-state index in [4.69, 9.17) is 4.52 Å². The van der Waals surface area contributed by atoms with Crippen molar-refractivity contribution in [3.05, 3.63) is 30.4 Å². The molecular formula is C18H25N5O2. The summed E-state index contributed by atoms with van der Waals surface area (Å²) in [5, 5.41) is 3.97. The minimum Gasteiger partial charge on any atom is -0.340 e. The molecule has 0 saturated carbocycles. The normalized spacial score (nSPS) is 15.7. The third-order valence-electron chi connectivity index (χ3n) is 4.31. The second-order valence-corrected chi connectivity index (χ2v) is 6.82. The molecule has 0 aliphatic carbocycles. The average Bonchev–Trinajstić information content (AvgIpc) is 3.10. The number of hydrogen-bond acceptors (Lipinski definition) is 6. The highest BCUT2D eigenvalue weighted by molar-refractivity contribution is 5.76. The Balaban J connectivity index is 1.46. The molecule has 0 unspecified atom stereocenters. The first-order chi connectivity index (χ1) is 12.1. The van der Waals surface area contributed by atoms with Crippen LogP contribution in [0.15, 0.2) is 29.0 Å². The van der Waals surface area contributed by atoms with Crippen molar-refractivity contribution in [3.63, 3.8) is 0 Å². The molecule has 0 bridgehead atoms. The fourth-order valence-electron chi connectivity index (χ4n) is 3.04. The van der Waals surface area contributed by atoms with Crippen LogP contribution in [0.25, 0.3) is 11.4 Å². The van der Waals surface area contributed by atoms with Gasteiger partial charge in [0.25, 0.3) is 0 Å². The van der Waals surface area contributed by atoms with Gasteiger partial charge in [0.05, 0.1) is 0 Å². The van der Waals surface area contributed by atoms with E-state index in [2.05, 4.69) is 33.9 Å². The topological polar surface area (TPSA) is 75.4 Å². The zero-order chi connectivity index (χ0) is 17.6. The van der Waals surface area contributed by atoms with Crippen LogP contribution in [-0.4, -0.2) is 63.6 Å². The Kier molecular flexibility index (Phi) is 5.75. The Morgan fingerprint density at radius 3 is 2.60 bits per heavy atom. The van der Waals surface area contributed by atoms with Gasteiger partial charge in [-0.1, -0.05) is 19.0 Å². The van der Waals surface area contributed by atoms with Crippen molar-refractivity contribution >= 4 is 5.91 Å². The number of nitrogens with zero attached hydrogens (tertiary/aromatic N) is 5. The lowest BCUT2D eigenvalue weighted by atomic mass is 10.2. The van der Waals surface area contributed by atoms with Crippen LogP contribution in [0.1, 0.15) is 26.2 Å². The molecule has 25 heavy (non-hydrogen) atoms. The van der Waals surface area contributed by atoms with E-state index in [1.807, 2.05) is 17.0 Å². The van der Waals surface area contributed by atoms with Crippen LogP contribution in [0.2, 0.25) is 0 Å². The quantitative estimate of drug-likeness (QED) is 0.797. The van der Waals surface area contributed by atoms with Crippen LogP contribution >= 0.6 is 0 Å². The highest BCUT2D eigenvalue weighted by atomic mass is 16.5. The molecule has 3 heterocycles. The Morgan fingerprint density at radius 2 is 1.92 bits per heavy atom. The lowest BCUT2D eigenvalue weighted by molar-refractivity contribution is -0.133. The molecule has 0 atom stereocenters. The van der Waals surface area contributed by atoms with E-state index in [1.165, 1.54) is 0 Å². The number of hydrogen-bond donors (Lipinski definition) is 0. The minimum absolute atomic E-state index is 0.160. The Morgan fingerprint density at radius 1 is 1.20 bits per heavy atom. The molecule has 0 aromatic carbocycles. The van der Waals surface area contributed by atoms with E-state index in [0.717, 1.165) is 38.3 Å². The molecule has 7 heteroatoms. The number of piperazine rings is 1. The van der Waals surface area contributed by atoms with Crippen LogP contribution < -0.4 is 0 Å². The SMILES string of the molecule is CC(C)CN1CCN(C(=O)CCc2nc(-c3ccncc3)no2)CC1. The lowest BCUT2D eigenvalue weighted by Gasteiger charge is -2.35. The molecule has 3 rings (SSSR count). The zero-order valence-corrected chi connectivity index (χ0v) is 14.9. The fourth-order valence-corrected chi connectivity index (χ4v) is 3.04. The third kappa shape index (κ3) is 4.85. The van der Waals surface area contributed by atoms with Crippen LogP contribution in [0.3, 0.4) is 0 Å². The lowest BCUT2D eigenvalue weighted by Crippen LogP contribution is -2.49. The van der Waals surface area contributed by atoms with Gasteiger partial charge in [0.1, 0.15) is 0 Å². The van der Waals surface area contributed by atoms with E-state index in [0.29, 0.717) is 30.5 Å². The maximum Gasteiger partial charge on any atom is 0.227 e. The summed E-state index contributed by atoms with van der Waals surface area (Å²) in [4.78, 5) is 25.1. The van der Waals surface area contributed by atoms with Crippen molar-refractivity contribution in [2.75, 3.05) is 32.7 Å². The van der Waals surface area contributed by atoms with Crippen molar-refractivity contribution in [1.82, 2.24) is 24.9 Å². The smallest absolute Gasteiger partial charge is 0.227 e. The van der Waals surface area contributed by atoms with Crippen molar-refractivity contribution in [2.24, 2.45) is 5.92 Å². The van der Waals surface area contributed by atoms with Crippen molar-refractivity contribution < 1.29 is 9.32 Å². The number of rotatable bonds is 6. The molecule has 2 aromatic rings. The molecule has 7 nitrogen and oxygen atoms in total. The standard InChI is InChI=1S/C18H25N5O2/c1-14(2)13-22-9-11-23(12-10-22)17(24)4-3-16-20-18(21-25-16)15-5-7-19-8-6-15/h5-8,14H,3-4,9-13H2,1-2H3. The predicted octanol–water partition coefficient (Wildman–Crippen LogP) is 1.86. The van der Waals surface area contributed by atoms with Crippen LogP contribution in [0.4, 0.5) is 0 Å². The Hall–Kier alpha value is -2.28. The van der Waals surface area contributed by atoms with E-state index < -0.39 is 0 Å².